The summed E-state index contributed by atoms with van der Waals surface area (Å²) in [6.07, 6.45) is 0.509. The van der Waals surface area contributed by atoms with E-state index in [2.05, 4.69) is 10.6 Å². The van der Waals surface area contributed by atoms with E-state index in [9.17, 15) is 19.2 Å². The highest BCUT2D eigenvalue weighted by atomic mass is 16.5. The number of amides is 1. The van der Waals surface area contributed by atoms with Crippen molar-refractivity contribution < 1.29 is 28.7 Å². The van der Waals surface area contributed by atoms with Gasteiger partial charge < -0.3 is 20.1 Å². The van der Waals surface area contributed by atoms with E-state index in [0.717, 1.165) is 5.69 Å². The van der Waals surface area contributed by atoms with Gasteiger partial charge in [-0.3, -0.25) is 14.4 Å². The number of rotatable bonds is 12. The summed E-state index contributed by atoms with van der Waals surface area (Å²) in [5.74, 6) is -1.39. The third-order valence-electron chi connectivity index (χ3n) is 3.77. The highest BCUT2D eigenvalue weighted by Gasteiger charge is 2.24. The molecule has 0 aliphatic heterocycles. The number of nitrogens with one attached hydrogen (secondary N) is 2. The van der Waals surface area contributed by atoms with Gasteiger partial charge in [0, 0.05) is 30.6 Å². The minimum Gasteiger partial charge on any atom is -0.466 e. The van der Waals surface area contributed by atoms with Crippen LogP contribution in [0.3, 0.4) is 0 Å². The van der Waals surface area contributed by atoms with E-state index in [1.165, 1.54) is 6.92 Å². The molecule has 28 heavy (non-hydrogen) atoms. The highest BCUT2D eigenvalue weighted by Crippen LogP contribution is 2.11. The molecule has 0 unspecified atom stereocenters. The fraction of sp³-hybridized carbons (Fsp3) is 0.500. The zero-order chi connectivity index (χ0) is 20.9. The summed E-state index contributed by atoms with van der Waals surface area (Å²) in [4.78, 5) is 47.0. The van der Waals surface area contributed by atoms with Crippen molar-refractivity contribution in [2.24, 2.45) is 0 Å². The Balaban J connectivity index is 2.68. The second-order valence-electron chi connectivity index (χ2n) is 6.08. The van der Waals surface area contributed by atoms with Crippen LogP contribution in [0.4, 0.5) is 5.69 Å². The smallest absolute Gasteiger partial charge is 0.328 e. The normalized spacial score (nSPS) is 11.2. The van der Waals surface area contributed by atoms with E-state index in [0.29, 0.717) is 18.5 Å². The van der Waals surface area contributed by atoms with Crippen LogP contribution in [0.5, 0.6) is 0 Å². The van der Waals surface area contributed by atoms with Crippen LogP contribution in [0, 0.1) is 0 Å². The van der Waals surface area contributed by atoms with Crippen LogP contribution in [0.2, 0.25) is 0 Å². The van der Waals surface area contributed by atoms with Gasteiger partial charge in [-0.05, 0) is 51.5 Å². The Hall–Kier alpha value is -2.90. The number of Topliss-reactive ketones (excluding diaryl/α,β-unsaturated/α-hetero) is 1. The molecule has 1 atom stereocenters. The van der Waals surface area contributed by atoms with Gasteiger partial charge in [-0.2, -0.15) is 0 Å². The van der Waals surface area contributed by atoms with Gasteiger partial charge in [-0.25, -0.2) is 4.79 Å². The first kappa shape index (κ1) is 23.1. The van der Waals surface area contributed by atoms with Crippen LogP contribution in [-0.4, -0.2) is 49.4 Å². The van der Waals surface area contributed by atoms with Gasteiger partial charge >= 0.3 is 11.9 Å². The summed E-state index contributed by atoms with van der Waals surface area (Å²) in [5, 5.41) is 5.69. The standard InChI is InChI=1S/C20H28N2O6/c1-4-27-18(24)11-10-17(20(26)28-5-2)22-19(25)15-6-8-16(9-7-15)21-13-12-14(3)23/h6-9,17,21H,4-5,10-13H2,1-3H3,(H,22,25)/t17-/m0/s1. The molecular weight excluding hydrogens is 364 g/mol. The number of ether oxygens (including phenoxy) is 2. The number of ketones is 1. The zero-order valence-electron chi connectivity index (χ0n) is 16.6. The molecule has 154 valence electrons. The monoisotopic (exact) mass is 392 g/mol. The molecule has 0 heterocycles. The molecule has 8 nitrogen and oxygen atoms in total. The fourth-order valence-corrected chi connectivity index (χ4v) is 2.35. The van der Waals surface area contributed by atoms with Crippen molar-refractivity contribution in [2.45, 2.75) is 46.1 Å². The maximum atomic E-state index is 12.4. The second-order valence-corrected chi connectivity index (χ2v) is 6.08. The minimum atomic E-state index is -0.940. The summed E-state index contributed by atoms with van der Waals surface area (Å²) < 4.78 is 9.82. The van der Waals surface area contributed by atoms with Gasteiger partial charge in [0.1, 0.15) is 11.8 Å². The molecule has 8 heteroatoms. The molecule has 0 aliphatic carbocycles. The van der Waals surface area contributed by atoms with Gasteiger partial charge in [0.05, 0.1) is 13.2 Å². The first-order valence-corrected chi connectivity index (χ1v) is 9.33. The summed E-state index contributed by atoms with van der Waals surface area (Å²) in [6, 6.07) is 5.71. The molecule has 0 fully saturated rings. The minimum absolute atomic E-state index is 0.00337. The lowest BCUT2D eigenvalue weighted by Gasteiger charge is -2.17. The van der Waals surface area contributed by atoms with Crippen LogP contribution >= 0.6 is 0 Å². The summed E-state index contributed by atoms with van der Waals surface area (Å²) >= 11 is 0. The van der Waals surface area contributed by atoms with E-state index in [1.54, 1.807) is 38.1 Å². The number of carbonyl (C=O) groups is 4. The number of anilines is 1. The third kappa shape index (κ3) is 8.66. The topological polar surface area (TPSA) is 111 Å². The zero-order valence-corrected chi connectivity index (χ0v) is 16.6. The molecule has 0 radical (unpaired) electrons. The van der Waals surface area contributed by atoms with Crippen molar-refractivity contribution in [3.8, 4) is 0 Å². The predicted octanol–water partition coefficient (Wildman–Crippen LogP) is 2.08. The molecule has 1 rings (SSSR count). The molecule has 0 spiro atoms. The maximum absolute atomic E-state index is 12.4. The van der Waals surface area contributed by atoms with E-state index in [4.69, 9.17) is 9.47 Å². The van der Waals surface area contributed by atoms with Gasteiger partial charge in [-0.1, -0.05) is 0 Å². The second kappa shape index (κ2) is 12.5. The predicted molar refractivity (Wildman–Crippen MR) is 104 cm³/mol. The molecule has 0 saturated carbocycles. The Morgan fingerprint density at radius 2 is 1.61 bits per heavy atom. The lowest BCUT2D eigenvalue weighted by Crippen LogP contribution is -2.42. The van der Waals surface area contributed by atoms with E-state index in [-0.39, 0.29) is 31.8 Å². The van der Waals surface area contributed by atoms with Crippen molar-refractivity contribution in [1.82, 2.24) is 5.32 Å². The molecule has 0 aliphatic rings. The first-order chi connectivity index (χ1) is 13.4. The molecular formula is C20H28N2O6. The molecule has 1 amide bonds. The van der Waals surface area contributed by atoms with Crippen molar-refractivity contribution in [3.63, 3.8) is 0 Å². The fourth-order valence-electron chi connectivity index (χ4n) is 2.35. The van der Waals surface area contributed by atoms with Crippen molar-refractivity contribution in [3.05, 3.63) is 29.8 Å². The number of hydrogen-bond acceptors (Lipinski definition) is 7. The maximum Gasteiger partial charge on any atom is 0.328 e. The third-order valence-corrected chi connectivity index (χ3v) is 3.77. The Bertz CT molecular complexity index is 672. The highest BCUT2D eigenvalue weighted by molar-refractivity contribution is 5.97. The molecule has 1 aromatic carbocycles. The van der Waals surface area contributed by atoms with Crippen LogP contribution in [0.15, 0.2) is 24.3 Å². The van der Waals surface area contributed by atoms with Crippen LogP contribution < -0.4 is 10.6 Å². The number of hydrogen-bond donors (Lipinski definition) is 2. The van der Waals surface area contributed by atoms with Crippen molar-refractivity contribution in [1.29, 1.82) is 0 Å². The van der Waals surface area contributed by atoms with Gasteiger partial charge in [0.15, 0.2) is 0 Å². The van der Waals surface area contributed by atoms with Crippen molar-refractivity contribution >= 4 is 29.3 Å². The molecule has 0 saturated heterocycles. The SMILES string of the molecule is CCOC(=O)CC[C@H](NC(=O)c1ccc(NCCC(C)=O)cc1)C(=O)OCC. The Kier molecular flexibility index (Phi) is 10.3. The molecule has 0 aromatic heterocycles. The van der Waals surface area contributed by atoms with Crippen LogP contribution in [0.25, 0.3) is 0 Å². The van der Waals surface area contributed by atoms with Gasteiger partial charge in [-0.15, -0.1) is 0 Å². The molecule has 0 bridgehead atoms. The molecule has 2 N–H and O–H groups in total. The quantitative estimate of drug-likeness (QED) is 0.524. The van der Waals surface area contributed by atoms with Crippen LogP contribution in [0.1, 0.15) is 50.4 Å². The lowest BCUT2D eigenvalue weighted by molar-refractivity contribution is -0.146. The first-order valence-electron chi connectivity index (χ1n) is 9.33. The van der Waals surface area contributed by atoms with Crippen LogP contribution in [-0.2, 0) is 23.9 Å². The average molecular weight is 392 g/mol. The summed E-state index contributed by atoms with van der Waals surface area (Å²) in [7, 11) is 0. The van der Waals surface area contributed by atoms with E-state index < -0.39 is 23.9 Å². The lowest BCUT2D eigenvalue weighted by atomic mass is 10.1. The van der Waals surface area contributed by atoms with E-state index >= 15 is 0 Å². The average Bonchev–Trinajstić information content (AvgIpc) is 2.65. The summed E-state index contributed by atoms with van der Waals surface area (Å²) in [6.45, 7) is 5.82. The largest absolute Gasteiger partial charge is 0.466 e. The Morgan fingerprint density at radius 1 is 0.964 bits per heavy atom. The number of esters is 2. The van der Waals surface area contributed by atoms with Gasteiger partial charge in [0.2, 0.25) is 0 Å². The Labute approximate surface area is 165 Å². The number of benzene rings is 1. The summed E-state index contributed by atoms with van der Waals surface area (Å²) in [5.41, 5.74) is 1.14. The van der Waals surface area contributed by atoms with E-state index in [1.807, 2.05) is 0 Å². The van der Waals surface area contributed by atoms with Crippen molar-refractivity contribution in [2.75, 3.05) is 25.1 Å². The number of carbonyl (C=O) groups excluding carboxylic acids is 4. The Morgan fingerprint density at radius 3 is 2.18 bits per heavy atom. The molecule has 1 aromatic rings. The van der Waals surface area contributed by atoms with Gasteiger partial charge in [0.25, 0.3) is 5.91 Å².